The number of esters is 1. The second-order valence-corrected chi connectivity index (χ2v) is 5.32. The zero-order chi connectivity index (χ0) is 13.7. The molecule has 20 heavy (non-hydrogen) atoms. The molecule has 1 unspecified atom stereocenters. The smallest absolute Gasteiger partial charge is 0.360 e. The van der Waals surface area contributed by atoms with E-state index in [0.29, 0.717) is 12.3 Å². The molecule has 1 atom stereocenters. The number of nitrogens with zero attached hydrogens (tertiary/aromatic N) is 1. The molecular weight excluding hydrogens is 254 g/mol. The Bertz CT molecular complexity index is 702. The van der Waals surface area contributed by atoms with Crippen LogP contribution in [0.2, 0.25) is 0 Å². The normalized spacial score (nSPS) is 18.6. The molecule has 4 nitrogen and oxygen atoms in total. The molecule has 0 spiro atoms. The van der Waals surface area contributed by atoms with Crippen molar-refractivity contribution in [1.29, 1.82) is 0 Å². The monoisotopic (exact) mass is 269 g/mol. The van der Waals surface area contributed by atoms with Gasteiger partial charge in [-0.1, -0.05) is 23.4 Å². The first-order valence-corrected chi connectivity index (χ1v) is 7.10. The van der Waals surface area contributed by atoms with Crippen LogP contribution < -0.4 is 0 Å². The summed E-state index contributed by atoms with van der Waals surface area (Å²) in [7, 11) is 0. The second-order valence-electron chi connectivity index (χ2n) is 5.32. The number of carbonyl (C=O) groups is 1. The highest BCUT2D eigenvalue weighted by atomic mass is 16.5. The molecule has 4 heteroatoms. The number of carbonyl (C=O) groups excluding carboxylic acids is 1. The molecule has 2 aliphatic rings. The molecule has 0 saturated heterocycles. The van der Waals surface area contributed by atoms with Gasteiger partial charge in [-0.25, -0.2) is 4.79 Å². The highest BCUT2D eigenvalue weighted by molar-refractivity contribution is 5.93. The molecule has 1 aromatic heterocycles. The first-order valence-electron chi connectivity index (χ1n) is 7.10. The molecule has 0 bridgehead atoms. The van der Waals surface area contributed by atoms with Gasteiger partial charge in [0, 0.05) is 17.0 Å². The Morgan fingerprint density at radius 1 is 1.45 bits per heavy atom. The molecule has 2 aromatic rings. The van der Waals surface area contributed by atoms with E-state index in [4.69, 9.17) is 9.26 Å². The fraction of sp³-hybridized carbons (Fsp3) is 0.375. The van der Waals surface area contributed by atoms with Gasteiger partial charge in [-0.3, -0.25) is 0 Å². The molecule has 0 aliphatic heterocycles. The van der Waals surface area contributed by atoms with Crippen molar-refractivity contribution >= 4 is 5.97 Å². The van der Waals surface area contributed by atoms with Crippen LogP contribution in [0.1, 0.15) is 52.9 Å². The highest BCUT2D eigenvalue weighted by Gasteiger charge is 2.40. The minimum Gasteiger partial charge on any atom is -0.461 e. The number of aryl methyl sites for hydroxylation is 1. The third-order valence-corrected chi connectivity index (χ3v) is 4.27. The SMILES string of the molecule is CCOC(=O)c1noc2c1C1CCCc3cccc-2c31. The number of benzene rings is 1. The fourth-order valence-corrected chi connectivity index (χ4v) is 3.53. The average molecular weight is 269 g/mol. The standard InChI is InChI=1S/C16H15NO3/c1-2-19-16(18)14-13-10-7-3-5-9-6-4-8-11(12(9)10)15(13)20-17-14/h4,6,8,10H,2-3,5,7H2,1H3. The number of hydrogen-bond donors (Lipinski definition) is 0. The zero-order valence-electron chi connectivity index (χ0n) is 11.3. The van der Waals surface area contributed by atoms with Gasteiger partial charge >= 0.3 is 5.97 Å². The van der Waals surface area contributed by atoms with Gasteiger partial charge < -0.3 is 9.26 Å². The van der Waals surface area contributed by atoms with Gasteiger partial charge in [0.25, 0.3) is 0 Å². The van der Waals surface area contributed by atoms with Crippen molar-refractivity contribution in [2.24, 2.45) is 0 Å². The lowest BCUT2D eigenvalue weighted by molar-refractivity contribution is 0.0513. The van der Waals surface area contributed by atoms with Crippen LogP contribution in [0.25, 0.3) is 11.3 Å². The predicted octanol–water partition coefficient (Wildman–Crippen LogP) is 3.30. The summed E-state index contributed by atoms with van der Waals surface area (Å²) < 4.78 is 10.6. The van der Waals surface area contributed by atoms with Crippen LogP contribution in [0.5, 0.6) is 0 Å². The van der Waals surface area contributed by atoms with Crippen LogP contribution in [-0.2, 0) is 11.2 Å². The number of hydrogen-bond acceptors (Lipinski definition) is 4. The maximum absolute atomic E-state index is 12.0. The van der Waals surface area contributed by atoms with E-state index in [1.165, 1.54) is 11.1 Å². The zero-order valence-corrected chi connectivity index (χ0v) is 11.3. The Balaban J connectivity index is 1.90. The van der Waals surface area contributed by atoms with E-state index in [1.54, 1.807) is 6.92 Å². The Morgan fingerprint density at radius 2 is 2.35 bits per heavy atom. The van der Waals surface area contributed by atoms with Crippen molar-refractivity contribution in [1.82, 2.24) is 5.16 Å². The van der Waals surface area contributed by atoms with Crippen molar-refractivity contribution in [3.05, 3.63) is 40.6 Å². The highest BCUT2D eigenvalue weighted by Crippen LogP contribution is 2.52. The average Bonchev–Trinajstić information content (AvgIpc) is 3.02. The number of rotatable bonds is 2. The van der Waals surface area contributed by atoms with E-state index in [9.17, 15) is 4.79 Å². The molecule has 102 valence electrons. The van der Waals surface area contributed by atoms with E-state index in [0.717, 1.165) is 36.1 Å². The van der Waals surface area contributed by atoms with E-state index < -0.39 is 0 Å². The topological polar surface area (TPSA) is 52.3 Å². The minimum absolute atomic E-state index is 0.246. The maximum atomic E-state index is 12.0. The summed E-state index contributed by atoms with van der Waals surface area (Å²) in [6.45, 7) is 2.15. The molecule has 0 N–H and O–H groups in total. The summed E-state index contributed by atoms with van der Waals surface area (Å²) >= 11 is 0. The summed E-state index contributed by atoms with van der Waals surface area (Å²) in [5, 5.41) is 3.96. The molecule has 0 amide bonds. The lowest BCUT2D eigenvalue weighted by atomic mass is 9.82. The van der Waals surface area contributed by atoms with Crippen LogP contribution in [0.15, 0.2) is 22.7 Å². The Morgan fingerprint density at radius 3 is 3.20 bits per heavy atom. The van der Waals surface area contributed by atoms with Gasteiger partial charge in [-0.2, -0.15) is 0 Å². The summed E-state index contributed by atoms with van der Waals surface area (Å²) in [5.41, 5.74) is 5.10. The lowest BCUT2D eigenvalue weighted by Crippen LogP contribution is -2.13. The largest absolute Gasteiger partial charge is 0.461 e. The van der Waals surface area contributed by atoms with Crippen molar-refractivity contribution < 1.29 is 14.1 Å². The molecule has 0 saturated carbocycles. The molecule has 1 aromatic carbocycles. The van der Waals surface area contributed by atoms with Crippen LogP contribution >= 0.6 is 0 Å². The first kappa shape index (κ1) is 11.7. The van der Waals surface area contributed by atoms with Gasteiger partial charge in [0.2, 0.25) is 0 Å². The van der Waals surface area contributed by atoms with Gasteiger partial charge in [0.05, 0.1) is 6.61 Å². The molecular formula is C16H15NO3. The quantitative estimate of drug-likeness (QED) is 0.785. The first-order chi connectivity index (χ1) is 9.81. The summed E-state index contributed by atoms with van der Waals surface area (Å²) in [5.74, 6) is 0.629. The van der Waals surface area contributed by atoms with Gasteiger partial charge in [-0.15, -0.1) is 0 Å². The van der Waals surface area contributed by atoms with E-state index >= 15 is 0 Å². The van der Waals surface area contributed by atoms with Crippen LogP contribution in [0.4, 0.5) is 0 Å². The van der Waals surface area contributed by atoms with Crippen LogP contribution in [0, 0.1) is 0 Å². The van der Waals surface area contributed by atoms with Crippen molar-refractivity contribution in [3.8, 4) is 11.3 Å². The molecule has 0 fully saturated rings. The second kappa shape index (κ2) is 4.20. The summed E-state index contributed by atoms with van der Waals surface area (Å²) in [4.78, 5) is 12.0. The Kier molecular flexibility index (Phi) is 2.46. The minimum atomic E-state index is -0.377. The van der Waals surface area contributed by atoms with Crippen molar-refractivity contribution in [2.75, 3.05) is 6.61 Å². The van der Waals surface area contributed by atoms with E-state index in [2.05, 4.69) is 23.4 Å². The van der Waals surface area contributed by atoms with Gasteiger partial charge in [0.1, 0.15) is 0 Å². The Labute approximate surface area is 116 Å². The summed E-state index contributed by atoms with van der Waals surface area (Å²) in [6.07, 6.45) is 3.28. The van der Waals surface area contributed by atoms with Gasteiger partial charge in [-0.05, 0) is 37.3 Å². The van der Waals surface area contributed by atoms with Gasteiger partial charge in [0.15, 0.2) is 11.5 Å². The van der Waals surface area contributed by atoms with Crippen molar-refractivity contribution in [3.63, 3.8) is 0 Å². The van der Waals surface area contributed by atoms with Crippen molar-refractivity contribution in [2.45, 2.75) is 32.1 Å². The summed E-state index contributed by atoms with van der Waals surface area (Å²) in [6, 6.07) is 6.29. The van der Waals surface area contributed by atoms with E-state index in [-0.39, 0.29) is 11.9 Å². The van der Waals surface area contributed by atoms with Crippen LogP contribution in [0.3, 0.4) is 0 Å². The molecule has 1 heterocycles. The maximum Gasteiger partial charge on any atom is 0.360 e. The lowest BCUT2D eigenvalue weighted by Gasteiger charge is -2.22. The number of fused-ring (bicyclic) bond motifs is 3. The van der Waals surface area contributed by atoms with Crippen LogP contribution in [-0.4, -0.2) is 17.7 Å². The molecule has 0 radical (unpaired) electrons. The fourth-order valence-electron chi connectivity index (χ4n) is 3.53. The third-order valence-electron chi connectivity index (χ3n) is 4.27. The Hall–Kier alpha value is -2.10. The molecule has 2 aliphatic carbocycles. The predicted molar refractivity (Wildman–Crippen MR) is 72.7 cm³/mol. The van der Waals surface area contributed by atoms with E-state index in [1.807, 2.05) is 0 Å². The number of ether oxygens (including phenoxy) is 1. The number of aromatic nitrogens is 1. The molecule has 4 rings (SSSR count). The third kappa shape index (κ3) is 1.42.